The molecule has 2 aliphatic rings. The van der Waals surface area contributed by atoms with E-state index in [-0.39, 0.29) is 5.60 Å². The highest BCUT2D eigenvalue weighted by atomic mass is 16.5. The molecule has 0 aromatic carbocycles. The van der Waals surface area contributed by atoms with Gasteiger partial charge >= 0.3 is 0 Å². The molecule has 0 spiro atoms. The van der Waals surface area contributed by atoms with E-state index in [9.17, 15) is 0 Å². The maximum Gasteiger partial charge on any atom is 0.0806 e. The maximum atomic E-state index is 6.38. The fourth-order valence-corrected chi connectivity index (χ4v) is 3.54. The SMILES string of the molecule is CNCC1(OCC2CCOC2)CCC(C(C)C)CC1. The molecule has 0 amide bonds. The van der Waals surface area contributed by atoms with Gasteiger partial charge in [0.05, 0.1) is 18.8 Å². The third kappa shape index (κ3) is 4.17. The summed E-state index contributed by atoms with van der Waals surface area (Å²) in [6, 6.07) is 0. The van der Waals surface area contributed by atoms with Gasteiger partial charge in [-0.2, -0.15) is 0 Å². The van der Waals surface area contributed by atoms with Gasteiger partial charge in [-0.1, -0.05) is 13.8 Å². The van der Waals surface area contributed by atoms with Crippen LogP contribution < -0.4 is 5.32 Å². The van der Waals surface area contributed by atoms with Crippen LogP contribution >= 0.6 is 0 Å². The lowest BCUT2D eigenvalue weighted by molar-refractivity contribution is -0.0906. The number of rotatable bonds is 6. The zero-order valence-electron chi connectivity index (χ0n) is 12.9. The maximum absolute atomic E-state index is 6.38. The zero-order chi connectivity index (χ0) is 13.7. The topological polar surface area (TPSA) is 30.5 Å². The molecule has 1 aliphatic carbocycles. The molecule has 19 heavy (non-hydrogen) atoms. The minimum atomic E-state index is 0.0860. The highest BCUT2D eigenvalue weighted by Crippen LogP contribution is 2.38. The first kappa shape index (κ1) is 15.3. The summed E-state index contributed by atoms with van der Waals surface area (Å²) in [7, 11) is 2.04. The number of likely N-dealkylation sites (N-methyl/N-ethyl adjacent to an activating group) is 1. The van der Waals surface area contributed by atoms with Crippen molar-refractivity contribution in [2.24, 2.45) is 17.8 Å². The molecule has 1 N–H and O–H groups in total. The van der Waals surface area contributed by atoms with Gasteiger partial charge in [0, 0.05) is 19.1 Å². The van der Waals surface area contributed by atoms with E-state index >= 15 is 0 Å². The number of hydrogen-bond donors (Lipinski definition) is 1. The van der Waals surface area contributed by atoms with Crippen LogP contribution in [0.3, 0.4) is 0 Å². The molecule has 1 atom stereocenters. The number of hydrogen-bond acceptors (Lipinski definition) is 3. The highest BCUT2D eigenvalue weighted by molar-refractivity contribution is 4.90. The third-order valence-corrected chi connectivity index (χ3v) is 5.03. The molecule has 1 saturated heterocycles. The molecular weight excluding hydrogens is 238 g/mol. The Kier molecular flexibility index (Phi) is 5.67. The van der Waals surface area contributed by atoms with Gasteiger partial charge in [-0.15, -0.1) is 0 Å². The Labute approximate surface area is 118 Å². The van der Waals surface area contributed by atoms with Gasteiger partial charge in [-0.05, 0) is 51.0 Å². The van der Waals surface area contributed by atoms with Gasteiger partial charge in [0.2, 0.25) is 0 Å². The highest BCUT2D eigenvalue weighted by Gasteiger charge is 2.37. The first-order chi connectivity index (χ1) is 9.15. The third-order valence-electron chi connectivity index (χ3n) is 5.03. The van der Waals surface area contributed by atoms with E-state index in [4.69, 9.17) is 9.47 Å². The van der Waals surface area contributed by atoms with Crippen LogP contribution in [0.5, 0.6) is 0 Å². The van der Waals surface area contributed by atoms with Crippen LogP contribution in [0.25, 0.3) is 0 Å². The van der Waals surface area contributed by atoms with Crippen molar-refractivity contribution in [3.05, 3.63) is 0 Å². The summed E-state index contributed by atoms with van der Waals surface area (Å²) in [4.78, 5) is 0. The second-order valence-electron chi connectivity index (χ2n) is 6.84. The standard InChI is InChI=1S/C16H31NO2/c1-13(2)15-4-7-16(8-5-15,12-17-3)19-11-14-6-9-18-10-14/h13-15,17H,4-12H2,1-3H3. The smallest absolute Gasteiger partial charge is 0.0806 e. The monoisotopic (exact) mass is 269 g/mol. The van der Waals surface area contributed by atoms with Gasteiger partial charge in [-0.3, -0.25) is 0 Å². The lowest BCUT2D eigenvalue weighted by Gasteiger charge is -2.41. The van der Waals surface area contributed by atoms with Crippen LogP contribution in [0.4, 0.5) is 0 Å². The van der Waals surface area contributed by atoms with Crippen molar-refractivity contribution in [2.45, 2.75) is 51.6 Å². The van der Waals surface area contributed by atoms with Crippen LogP contribution in [-0.4, -0.2) is 39.0 Å². The van der Waals surface area contributed by atoms with Gasteiger partial charge in [-0.25, -0.2) is 0 Å². The Bertz CT molecular complexity index is 253. The summed E-state index contributed by atoms with van der Waals surface area (Å²) >= 11 is 0. The quantitative estimate of drug-likeness (QED) is 0.804. The van der Waals surface area contributed by atoms with Crippen molar-refractivity contribution < 1.29 is 9.47 Å². The predicted octanol–water partition coefficient (Wildman–Crippen LogP) is 2.84. The molecule has 0 aromatic heterocycles. The average Bonchev–Trinajstić information content (AvgIpc) is 2.91. The Hall–Kier alpha value is -0.120. The molecule has 112 valence electrons. The van der Waals surface area contributed by atoms with Crippen LogP contribution in [0.1, 0.15) is 46.0 Å². The molecule has 1 heterocycles. The van der Waals surface area contributed by atoms with E-state index < -0.39 is 0 Å². The minimum Gasteiger partial charge on any atom is -0.381 e. The lowest BCUT2D eigenvalue weighted by atomic mass is 9.74. The zero-order valence-corrected chi connectivity index (χ0v) is 12.9. The van der Waals surface area contributed by atoms with E-state index in [1.165, 1.54) is 32.1 Å². The minimum absolute atomic E-state index is 0.0860. The second kappa shape index (κ2) is 7.05. The van der Waals surface area contributed by atoms with Crippen molar-refractivity contribution in [2.75, 3.05) is 33.4 Å². The van der Waals surface area contributed by atoms with Crippen LogP contribution in [0.15, 0.2) is 0 Å². The van der Waals surface area contributed by atoms with E-state index in [1.807, 2.05) is 7.05 Å². The largest absolute Gasteiger partial charge is 0.381 e. The summed E-state index contributed by atoms with van der Waals surface area (Å²) < 4.78 is 11.8. The van der Waals surface area contributed by atoms with E-state index in [0.717, 1.165) is 38.2 Å². The Morgan fingerprint density at radius 1 is 1.26 bits per heavy atom. The second-order valence-corrected chi connectivity index (χ2v) is 6.84. The Morgan fingerprint density at radius 2 is 2.00 bits per heavy atom. The molecule has 0 bridgehead atoms. The molecule has 1 aliphatic heterocycles. The van der Waals surface area contributed by atoms with Gasteiger partial charge < -0.3 is 14.8 Å². The predicted molar refractivity (Wildman–Crippen MR) is 78.3 cm³/mol. The van der Waals surface area contributed by atoms with E-state index in [2.05, 4.69) is 19.2 Å². The molecule has 1 unspecified atom stereocenters. The fraction of sp³-hybridized carbons (Fsp3) is 1.00. The molecule has 2 rings (SSSR count). The van der Waals surface area contributed by atoms with Crippen LogP contribution in [0.2, 0.25) is 0 Å². The van der Waals surface area contributed by atoms with Crippen molar-refractivity contribution in [3.8, 4) is 0 Å². The van der Waals surface area contributed by atoms with E-state index in [1.54, 1.807) is 0 Å². The fourth-order valence-electron chi connectivity index (χ4n) is 3.54. The summed E-state index contributed by atoms with van der Waals surface area (Å²) in [5.74, 6) is 2.33. The molecule has 3 heteroatoms. The number of nitrogens with one attached hydrogen (secondary N) is 1. The van der Waals surface area contributed by atoms with E-state index in [0.29, 0.717) is 5.92 Å². The molecular formula is C16H31NO2. The number of ether oxygens (including phenoxy) is 2. The van der Waals surface area contributed by atoms with Crippen molar-refractivity contribution >= 4 is 0 Å². The summed E-state index contributed by atoms with van der Waals surface area (Å²) in [6.45, 7) is 8.39. The average molecular weight is 269 g/mol. The Balaban J connectivity index is 1.83. The summed E-state index contributed by atoms with van der Waals surface area (Å²) in [5.41, 5.74) is 0.0860. The van der Waals surface area contributed by atoms with Gasteiger partial charge in [0.25, 0.3) is 0 Å². The molecule has 0 radical (unpaired) electrons. The van der Waals surface area contributed by atoms with Crippen LogP contribution in [-0.2, 0) is 9.47 Å². The molecule has 2 fully saturated rings. The van der Waals surface area contributed by atoms with Gasteiger partial charge in [0.1, 0.15) is 0 Å². The lowest BCUT2D eigenvalue weighted by Crippen LogP contribution is -2.46. The first-order valence-corrected chi connectivity index (χ1v) is 8.01. The molecule has 0 aromatic rings. The summed E-state index contributed by atoms with van der Waals surface area (Å²) in [5, 5.41) is 3.34. The first-order valence-electron chi connectivity index (χ1n) is 8.01. The van der Waals surface area contributed by atoms with Crippen LogP contribution in [0, 0.1) is 17.8 Å². The normalized spacial score (nSPS) is 36.0. The van der Waals surface area contributed by atoms with Gasteiger partial charge in [0.15, 0.2) is 0 Å². The Morgan fingerprint density at radius 3 is 2.53 bits per heavy atom. The van der Waals surface area contributed by atoms with Crippen molar-refractivity contribution in [1.29, 1.82) is 0 Å². The molecule has 1 saturated carbocycles. The molecule has 3 nitrogen and oxygen atoms in total. The van der Waals surface area contributed by atoms with Crippen molar-refractivity contribution in [1.82, 2.24) is 5.32 Å². The summed E-state index contributed by atoms with van der Waals surface area (Å²) in [6.07, 6.45) is 6.24. The van der Waals surface area contributed by atoms with Crippen molar-refractivity contribution in [3.63, 3.8) is 0 Å².